The Morgan fingerprint density at radius 1 is 1.73 bits per heavy atom. The van der Waals surface area contributed by atoms with E-state index in [1.54, 1.807) is 0 Å². The number of hydrogen-bond acceptors (Lipinski definition) is 4. The van der Waals surface area contributed by atoms with Crippen LogP contribution in [0.5, 0.6) is 0 Å². The van der Waals surface area contributed by atoms with Gasteiger partial charge in [0.25, 0.3) is 0 Å². The molecular weight excluding hydrogens is 169 g/mol. The zero-order valence-corrected chi connectivity index (χ0v) is 7.21. The lowest BCUT2D eigenvalue weighted by atomic mass is 10.5. The molecule has 0 saturated heterocycles. The van der Waals surface area contributed by atoms with Gasteiger partial charge in [0.15, 0.2) is 0 Å². The molecule has 0 spiro atoms. The molecule has 0 aromatic rings. The van der Waals surface area contributed by atoms with Crippen molar-refractivity contribution in [3.05, 3.63) is 0 Å². The molecule has 6 heteroatoms. The average Bonchev–Trinajstić information content (AvgIpc) is 2.00. The fourth-order valence-corrected chi connectivity index (χ4v) is 1.17. The van der Waals surface area contributed by atoms with Crippen molar-refractivity contribution in [1.82, 2.24) is 0 Å². The van der Waals surface area contributed by atoms with E-state index in [0.29, 0.717) is 0 Å². The van der Waals surface area contributed by atoms with Gasteiger partial charge in [-0.25, -0.2) is 0 Å². The lowest BCUT2D eigenvalue weighted by Crippen LogP contribution is -2.08. The normalized spacial score (nSPS) is 15.5. The molecule has 5 nitrogen and oxygen atoms in total. The van der Waals surface area contributed by atoms with Crippen LogP contribution in [0.4, 0.5) is 0 Å². The molecule has 1 unspecified atom stereocenters. The Morgan fingerprint density at radius 3 is 2.64 bits per heavy atom. The second-order valence-corrected chi connectivity index (χ2v) is 4.58. The van der Waals surface area contributed by atoms with Gasteiger partial charge in [-0.15, -0.1) is 0 Å². The third-order valence-electron chi connectivity index (χ3n) is 1.18. The number of ether oxygens (including phenoxy) is 1. The van der Waals surface area contributed by atoms with Gasteiger partial charge < -0.3 is 15.4 Å². The van der Waals surface area contributed by atoms with Crippen LogP contribution in [0, 0.1) is 0 Å². The van der Waals surface area contributed by atoms with Crippen LogP contribution in [0.2, 0.25) is 0 Å². The summed E-state index contributed by atoms with van der Waals surface area (Å²) >= 11 is 0. The lowest BCUT2D eigenvalue weighted by molar-refractivity contribution is -0.140. The fourth-order valence-electron chi connectivity index (χ4n) is 0.459. The summed E-state index contributed by atoms with van der Waals surface area (Å²) in [7, 11) is -2.03. The zero-order chi connectivity index (χ0) is 8.91. The first-order valence-corrected chi connectivity index (χ1v) is 5.12. The van der Waals surface area contributed by atoms with Crippen molar-refractivity contribution in [3.63, 3.8) is 0 Å². The molecule has 11 heavy (non-hydrogen) atoms. The monoisotopic (exact) mass is 181 g/mol. The molecular formula is C5H12NO4P. The maximum atomic E-state index is 10.8. The summed E-state index contributed by atoms with van der Waals surface area (Å²) in [6, 6.07) is 0. The summed E-state index contributed by atoms with van der Waals surface area (Å²) in [4.78, 5) is 19.4. The van der Waals surface area contributed by atoms with Crippen molar-refractivity contribution in [2.24, 2.45) is 5.73 Å². The Balaban J connectivity index is 3.70. The molecule has 0 aliphatic rings. The molecule has 0 aromatic carbocycles. The molecule has 0 bridgehead atoms. The van der Waals surface area contributed by atoms with E-state index in [4.69, 9.17) is 10.6 Å². The Morgan fingerprint density at radius 2 is 2.27 bits per heavy atom. The number of nitrogens with two attached hydrogens (primary N) is 1. The second-order valence-electron chi connectivity index (χ2n) is 2.08. The first-order valence-electron chi connectivity index (χ1n) is 3.09. The van der Waals surface area contributed by atoms with Gasteiger partial charge in [-0.2, -0.15) is 0 Å². The third kappa shape index (κ3) is 4.95. The first-order chi connectivity index (χ1) is 5.02. The van der Waals surface area contributed by atoms with Crippen LogP contribution in [0.1, 0.15) is 6.42 Å². The highest BCUT2D eigenvalue weighted by atomic mass is 31.2. The number of esters is 1. The maximum Gasteiger partial charge on any atom is 0.306 e. The topological polar surface area (TPSA) is 89.6 Å². The first kappa shape index (κ1) is 10.6. The summed E-state index contributed by atoms with van der Waals surface area (Å²) in [6.45, 7) is 0. The molecule has 0 fully saturated rings. The van der Waals surface area contributed by atoms with E-state index in [1.165, 1.54) is 7.11 Å². The predicted octanol–water partition coefficient (Wildman–Crippen LogP) is -0.264. The van der Waals surface area contributed by atoms with Crippen LogP contribution in [-0.2, 0) is 14.1 Å². The Kier molecular flexibility index (Phi) is 4.33. The number of hydrogen-bond donors (Lipinski definition) is 2. The van der Waals surface area contributed by atoms with Crippen LogP contribution < -0.4 is 5.73 Å². The Bertz CT molecular complexity index is 181. The molecule has 0 aliphatic carbocycles. The quantitative estimate of drug-likeness (QED) is 0.460. The number of methoxy groups -OCH3 is 1. The molecule has 0 aliphatic heterocycles. The zero-order valence-electron chi connectivity index (χ0n) is 6.32. The molecule has 0 heterocycles. The van der Waals surface area contributed by atoms with Crippen molar-refractivity contribution in [1.29, 1.82) is 0 Å². The molecule has 1 atom stereocenters. The van der Waals surface area contributed by atoms with Gasteiger partial charge in [0.2, 0.25) is 7.37 Å². The van der Waals surface area contributed by atoms with Gasteiger partial charge in [0.05, 0.1) is 19.8 Å². The highest BCUT2D eigenvalue weighted by Gasteiger charge is 2.17. The summed E-state index contributed by atoms with van der Waals surface area (Å²) < 4.78 is 15.1. The molecule has 0 amide bonds. The van der Waals surface area contributed by atoms with Crippen molar-refractivity contribution < 1.29 is 19.0 Å². The summed E-state index contributed by atoms with van der Waals surface area (Å²) in [6.07, 6.45) is -0.443. The highest BCUT2D eigenvalue weighted by Crippen LogP contribution is 2.38. The van der Waals surface area contributed by atoms with Gasteiger partial charge in [0, 0.05) is 6.16 Å². The van der Waals surface area contributed by atoms with E-state index in [0.717, 1.165) is 0 Å². The number of carbonyl (C=O) groups is 1. The van der Waals surface area contributed by atoms with Crippen molar-refractivity contribution in [2.75, 3.05) is 19.6 Å². The minimum absolute atomic E-state index is 0.0541. The van der Waals surface area contributed by atoms with E-state index >= 15 is 0 Å². The van der Waals surface area contributed by atoms with Crippen molar-refractivity contribution >= 4 is 13.3 Å². The third-order valence-corrected chi connectivity index (χ3v) is 2.67. The lowest BCUT2D eigenvalue weighted by Gasteiger charge is -2.06. The molecule has 66 valence electrons. The smallest absolute Gasteiger partial charge is 0.306 e. The SMILES string of the molecule is COC(=O)CCP(=O)(O)CN. The van der Waals surface area contributed by atoms with Gasteiger partial charge in [0.1, 0.15) is 0 Å². The molecule has 0 saturated carbocycles. The number of carbonyl (C=O) groups excluding carboxylic acids is 1. The molecule has 0 aromatic heterocycles. The van der Waals surface area contributed by atoms with Crippen molar-refractivity contribution in [3.8, 4) is 0 Å². The average molecular weight is 181 g/mol. The van der Waals surface area contributed by atoms with Gasteiger partial charge in [-0.3, -0.25) is 9.36 Å². The van der Waals surface area contributed by atoms with E-state index in [2.05, 4.69) is 4.74 Å². The summed E-state index contributed by atoms with van der Waals surface area (Å²) in [5.41, 5.74) is 4.97. The molecule has 3 N–H and O–H groups in total. The fraction of sp³-hybridized carbons (Fsp3) is 0.800. The standard InChI is InChI=1S/C5H12NO4P/c1-10-5(7)2-3-11(8,9)4-6/h2-4,6H2,1H3,(H,8,9). The largest absolute Gasteiger partial charge is 0.469 e. The van der Waals surface area contributed by atoms with Crippen LogP contribution in [0.25, 0.3) is 0 Å². The van der Waals surface area contributed by atoms with E-state index in [-0.39, 0.29) is 18.9 Å². The molecule has 0 radical (unpaired) electrons. The van der Waals surface area contributed by atoms with Gasteiger partial charge >= 0.3 is 5.97 Å². The van der Waals surface area contributed by atoms with Crippen molar-refractivity contribution in [2.45, 2.75) is 6.42 Å². The van der Waals surface area contributed by atoms with Crippen LogP contribution in [0.3, 0.4) is 0 Å². The van der Waals surface area contributed by atoms with E-state index < -0.39 is 13.3 Å². The van der Waals surface area contributed by atoms with Crippen LogP contribution in [0.15, 0.2) is 0 Å². The minimum atomic E-state index is -3.26. The highest BCUT2D eigenvalue weighted by molar-refractivity contribution is 7.57. The second kappa shape index (κ2) is 4.49. The summed E-state index contributed by atoms with van der Waals surface area (Å²) in [5.74, 6) is -0.493. The minimum Gasteiger partial charge on any atom is -0.469 e. The Labute approximate surface area is 65.0 Å². The van der Waals surface area contributed by atoms with E-state index in [1.807, 2.05) is 0 Å². The maximum absolute atomic E-state index is 10.8. The van der Waals surface area contributed by atoms with Crippen LogP contribution >= 0.6 is 7.37 Å². The van der Waals surface area contributed by atoms with Crippen LogP contribution in [-0.4, -0.2) is 30.4 Å². The molecule has 0 rings (SSSR count). The predicted molar refractivity (Wildman–Crippen MR) is 40.4 cm³/mol. The Hall–Kier alpha value is -0.380. The van der Waals surface area contributed by atoms with Gasteiger partial charge in [-0.05, 0) is 0 Å². The number of rotatable bonds is 4. The summed E-state index contributed by atoms with van der Waals surface area (Å²) in [5, 5.41) is 0. The van der Waals surface area contributed by atoms with Gasteiger partial charge in [-0.1, -0.05) is 0 Å². The van der Waals surface area contributed by atoms with E-state index in [9.17, 15) is 9.36 Å².